The van der Waals surface area contributed by atoms with Gasteiger partial charge in [0.15, 0.2) is 0 Å². The molecule has 5 aromatic carbocycles. The molecule has 220 valence electrons. The van der Waals surface area contributed by atoms with Crippen LogP contribution in [-0.4, -0.2) is 19.9 Å². The summed E-state index contributed by atoms with van der Waals surface area (Å²) in [5.41, 5.74) is 12.4. The van der Waals surface area contributed by atoms with E-state index >= 15 is 0 Å². The molecule has 0 radical (unpaired) electrons. The third kappa shape index (κ3) is 4.78. The maximum absolute atomic E-state index is 6.88. The summed E-state index contributed by atoms with van der Waals surface area (Å²) >= 11 is 6.88. The van der Waals surface area contributed by atoms with Crippen LogP contribution in [0.3, 0.4) is 0 Å². The molecule has 0 atom stereocenters. The van der Waals surface area contributed by atoms with Gasteiger partial charge in [-0.1, -0.05) is 72.3 Å². The molecule has 5 heteroatoms. The lowest BCUT2D eigenvalue weighted by molar-refractivity contribution is 1.38. The van der Waals surface area contributed by atoms with Gasteiger partial charge < -0.3 is 0 Å². The van der Waals surface area contributed by atoms with Crippen molar-refractivity contribution in [1.82, 2.24) is 19.9 Å². The molecule has 0 amide bonds. The summed E-state index contributed by atoms with van der Waals surface area (Å²) in [5.74, 6) is 0. The fourth-order valence-corrected chi connectivity index (χ4v) is 6.89. The van der Waals surface area contributed by atoms with Crippen molar-refractivity contribution >= 4 is 55.2 Å². The van der Waals surface area contributed by atoms with Crippen LogP contribution in [0.25, 0.3) is 88.1 Å². The van der Waals surface area contributed by atoms with Crippen molar-refractivity contribution in [3.05, 3.63) is 157 Å². The first-order valence-corrected chi connectivity index (χ1v) is 15.8. The van der Waals surface area contributed by atoms with E-state index in [1.54, 1.807) is 0 Å². The van der Waals surface area contributed by atoms with Crippen LogP contribution in [0.5, 0.6) is 0 Å². The minimum atomic E-state index is 0.678. The highest BCUT2D eigenvalue weighted by molar-refractivity contribution is 6.31. The summed E-state index contributed by atoms with van der Waals surface area (Å²) < 4.78 is 0. The highest BCUT2D eigenvalue weighted by Gasteiger charge is 2.15. The van der Waals surface area contributed by atoms with Crippen molar-refractivity contribution in [2.45, 2.75) is 0 Å². The molecule has 0 aliphatic rings. The lowest BCUT2D eigenvalue weighted by Gasteiger charge is -2.15. The number of rotatable bonds is 4. The van der Waals surface area contributed by atoms with Gasteiger partial charge in [-0.05, 0) is 111 Å². The molecule has 0 N–H and O–H groups in total. The van der Waals surface area contributed by atoms with Crippen LogP contribution < -0.4 is 0 Å². The Bertz CT molecular complexity index is 2480. The summed E-state index contributed by atoms with van der Waals surface area (Å²) in [6, 6.07) is 44.1. The Hall–Kier alpha value is -5.97. The van der Waals surface area contributed by atoms with Crippen LogP contribution in [0, 0.1) is 0 Å². The molecular weight excluding hydrogens is 596 g/mol. The van der Waals surface area contributed by atoms with Gasteiger partial charge in [0.25, 0.3) is 0 Å². The molecule has 0 fully saturated rings. The molecule has 0 aliphatic carbocycles. The second-order valence-corrected chi connectivity index (χ2v) is 12.1. The Morgan fingerprint density at radius 1 is 0.383 bits per heavy atom. The standard InChI is InChI=1S/C42H25ClN4/c43-32-20-30(35-11-3-1-9-33(35)26-13-15-37-39(22-26)46-24-28-7-5-17-44-41(28)37)19-31(21-32)36-12-4-2-10-34(36)27-14-16-38-40(23-27)47-25-29-8-6-18-45-42(29)38/h1-25H. The van der Waals surface area contributed by atoms with E-state index in [1.165, 1.54) is 0 Å². The number of hydrogen-bond donors (Lipinski definition) is 0. The molecule has 4 nitrogen and oxygen atoms in total. The van der Waals surface area contributed by atoms with Gasteiger partial charge in [-0.3, -0.25) is 19.9 Å². The van der Waals surface area contributed by atoms with Gasteiger partial charge in [-0.15, -0.1) is 0 Å². The second kappa shape index (κ2) is 11.1. The summed E-state index contributed by atoms with van der Waals surface area (Å²) in [6.45, 7) is 0. The van der Waals surface area contributed by atoms with Gasteiger partial charge in [0, 0.05) is 51.4 Å². The molecular formula is C42H25ClN4. The molecule has 4 aromatic heterocycles. The molecule has 0 bridgehead atoms. The average Bonchev–Trinajstić information content (AvgIpc) is 3.14. The van der Waals surface area contributed by atoms with E-state index in [0.29, 0.717) is 5.02 Å². The van der Waals surface area contributed by atoms with E-state index in [9.17, 15) is 0 Å². The fraction of sp³-hybridized carbons (Fsp3) is 0. The number of nitrogens with zero attached hydrogens (tertiary/aromatic N) is 4. The van der Waals surface area contributed by atoms with Gasteiger partial charge in [0.1, 0.15) is 0 Å². The zero-order chi connectivity index (χ0) is 31.3. The normalized spacial score (nSPS) is 11.5. The van der Waals surface area contributed by atoms with Gasteiger partial charge in [0.2, 0.25) is 0 Å². The van der Waals surface area contributed by atoms with E-state index in [4.69, 9.17) is 21.6 Å². The zero-order valence-corrected chi connectivity index (χ0v) is 25.9. The fourth-order valence-electron chi connectivity index (χ4n) is 6.66. The van der Waals surface area contributed by atoms with E-state index in [0.717, 1.165) is 88.1 Å². The second-order valence-electron chi connectivity index (χ2n) is 11.7. The molecule has 4 heterocycles. The zero-order valence-electron chi connectivity index (χ0n) is 25.1. The van der Waals surface area contributed by atoms with Crippen LogP contribution in [0.4, 0.5) is 0 Å². The molecule has 0 aliphatic heterocycles. The smallest absolute Gasteiger partial charge is 0.0811 e. The maximum Gasteiger partial charge on any atom is 0.0811 e. The van der Waals surface area contributed by atoms with Gasteiger partial charge >= 0.3 is 0 Å². The Morgan fingerprint density at radius 2 is 0.830 bits per heavy atom. The Labute approximate surface area is 276 Å². The number of hydrogen-bond acceptors (Lipinski definition) is 4. The van der Waals surface area contributed by atoms with Gasteiger partial charge in [-0.25, -0.2) is 0 Å². The van der Waals surface area contributed by atoms with Crippen molar-refractivity contribution in [2.24, 2.45) is 0 Å². The monoisotopic (exact) mass is 620 g/mol. The van der Waals surface area contributed by atoms with E-state index < -0.39 is 0 Å². The summed E-state index contributed by atoms with van der Waals surface area (Å²) in [5, 5.41) is 4.83. The number of pyridine rings is 4. The summed E-state index contributed by atoms with van der Waals surface area (Å²) in [7, 11) is 0. The Kier molecular flexibility index (Phi) is 6.47. The lowest BCUT2D eigenvalue weighted by atomic mass is 9.90. The summed E-state index contributed by atoms with van der Waals surface area (Å²) in [4.78, 5) is 18.8. The summed E-state index contributed by atoms with van der Waals surface area (Å²) in [6.07, 6.45) is 7.45. The Morgan fingerprint density at radius 3 is 1.30 bits per heavy atom. The molecule has 9 rings (SSSR count). The quantitative estimate of drug-likeness (QED) is 0.184. The van der Waals surface area contributed by atoms with Gasteiger partial charge in [0.05, 0.1) is 22.1 Å². The minimum Gasteiger partial charge on any atom is -0.255 e. The topological polar surface area (TPSA) is 51.6 Å². The van der Waals surface area contributed by atoms with Crippen LogP contribution >= 0.6 is 11.6 Å². The third-order valence-electron chi connectivity index (χ3n) is 8.86. The molecule has 0 saturated carbocycles. The molecule has 47 heavy (non-hydrogen) atoms. The highest BCUT2D eigenvalue weighted by Crippen LogP contribution is 2.40. The highest BCUT2D eigenvalue weighted by atomic mass is 35.5. The minimum absolute atomic E-state index is 0.678. The molecule has 9 aromatic rings. The first-order valence-electron chi connectivity index (χ1n) is 15.5. The number of benzene rings is 5. The van der Waals surface area contributed by atoms with Gasteiger partial charge in [-0.2, -0.15) is 0 Å². The molecule has 0 unspecified atom stereocenters. The van der Waals surface area contributed by atoms with E-state index in [1.807, 2.05) is 61.2 Å². The first-order chi connectivity index (χ1) is 23.2. The number of fused-ring (bicyclic) bond motifs is 6. The number of halogens is 1. The SMILES string of the molecule is Clc1cc(-c2ccccc2-c2ccc3c(c2)ncc2cccnc23)cc(-c2ccccc2-c2ccc3c(c2)ncc2cccnc23)c1. The lowest BCUT2D eigenvalue weighted by Crippen LogP contribution is -1.91. The maximum atomic E-state index is 6.88. The third-order valence-corrected chi connectivity index (χ3v) is 9.08. The predicted octanol–water partition coefficient (Wildman–Crippen LogP) is 11.2. The van der Waals surface area contributed by atoms with Crippen LogP contribution in [0.1, 0.15) is 0 Å². The van der Waals surface area contributed by atoms with Crippen molar-refractivity contribution in [3.8, 4) is 44.5 Å². The van der Waals surface area contributed by atoms with Crippen molar-refractivity contribution in [2.75, 3.05) is 0 Å². The van der Waals surface area contributed by atoms with Crippen LogP contribution in [-0.2, 0) is 0 Å². The molecule has 0 saturated heterocycles. The first kappa shape index (κ1) is 27.3. The number of aromatic nitrogens is 4. The van der Waals surface area contributed by atoms with E-state index in [-0.39, 0.29) is 0 Å². The van der Waals surface area contributed by atoms with Crippen molar-refractivity contribution in [3.63, 3.8) is 0 Å². The van der Waals surface area contributed by atoms with Crippen LogP contribution in [0.15, 0.2) is 152 Å². The predicted molar refractivity (Wildman–Crippen MR) is 194 cm³/mol. The average molecular weight is 621 g/mol. The van der Waals surface area contributed by atoms with Crippen molar-refractivity contribution < 1.29 is 0 Å². The van der Waals surface area contributed by atoms with E-state index in [2.05, 4.69) is 101 Å². The Balaban J connectivity index is 1.15. The van der Waals surface area contributed by atoms with Crippen LogP contribution in [0.2, 0.25) is 5.02 Å². The van der Waals surface area contributed by atoms with Crippen molar-refractivity contribution in [1.29, 1.82) is 0 Å². The molecule has 0 spiro atoms. The largest absolute Gasteiger partial charge is 0.255 e.